The molecule has 166 valence electrons. The van der Waals surface area contributed by atoms with E-state index in [2.05, 4.69) is 26.1 Å². The molecule has 2 aromatic heterocycles. The van der Waals surface area contributed by atoms with Gasteiger partial charge >= 0.3 is 5.63 Å². The highest BCUT2D eigenvalue weighted by Gasteiger charge is 2.21. The van der Waals surface area contributed by atoms with Crippen LogP contribution in [0.5, 0.6) is 0 Å². The van der Waals surface area contributed by atoms with Gasteiger partial charge in [-0.1, -0.05) is 50.6 Å². The molecule has 5 nitrogen and oxygen atoms in total. The van der Waals surface area contributed by atoms with Crippen LogP contribution in [0.15, 0.2) is 56.3 Å². The third-order valence-corrected chi connectivity index (χ3v) is 6.19. The molecule has 0 aliphatic rings. The summed E-state index contributed by atoms with van der Waals surface area (Å²) in [6.45, 7) is 8.64. The van der Waals surface area contributed by atoms with Crippen molar-refractivity contribution in [2.75, 3.05) is 0 Å². The van der Waals surface area contributed by atoms with Gasteiger partial charge in [0.25, 0.3) is 0 Å². The van der Waals surface area contributed by atoms with Crippen LogP contribution in [0.2, 0.25) is 5.02 Å². The molecule has 2 aromatic carbocycles. The maximum Gasteiger partial charge on any atom is 0.339 e. The number of nitrogens with one attached hydrogen (secondary N) is 1. The predicted octanol–water partition coefficient (Wildman–Crippen LogP) is 6.05. The Morgan fingerprint density at radius 3 is 2.56 bits per heavy atom. The van der Waals surface area contributed by atoms with Crippen molar-refractivity contribution >= 4 is 39.4 Å². The minimum atomic E-state index is -0.421. The molecule has 0 spiro atoms. The van der Waals surface area contributed by atoms with E-state index in [0.29, 0.717) is 34.7 Å². The normalized spacial score (nSPS) is 11.9. The Labute approximate surface area is 191 Å². The number of amides is 1. The van der Waals surface area contributed by atoms with Crippen molar-refractivity contribution in [3.8, 4) is 0 Å². The summed E-state index contributed by atoms with van der Waals surface area (Å²) >= 11 is 6.14. The first kappa shape index (κ1) is 22.2. The van der Waals surface area contributed by atoms with Crippen molar-refractivity contribution in [1.29, 1.82) is 0 Å². The zero-order chi connectivity index (χ0) is 23.0. The molecule has 4 aromatic rings. The predicted molar refractivity (Wildman–Crippen MR) is 127 cm³/mol. The number of carbonyl (C=O) groups is 1. The van der Waals surface area contributed by atoms with Crippen LogP contribution in [0, 0.1) is 6.92 Å². The fraction of sp³-hybridized carbons (Fsp3) is 0.308. The lowest BCUT2D eigenvalue weighted by molar-refractivity contribution is -0.121. The second-order valence-electron chi connectivity index (χ2n) is 9.11. The molecular weight excluding hydrogens is 426 g/mol. The van der Waals surface area contributed by atoms with Crippen LogP contribution < -0.4 is 10.9 Å². The van der Waals surface area contributed by atoms with Gasteiger partial charge in [0, 0.05) is 46.0 Å². The van der Waals surface area contributed by atoms with Gasteiger partial charge in [-0.25, -0.2) is 4.79 Å². The molecule has 0 radical (unpaired) electrons. The van der Waals surface area contributed by atoms with E-state index < -0.39 is 5.63 Å². The zero-order valence-corrected chi connectivity index (χ0v) is 19.4. The van der Waals surface area contributed by atoms with E-state index >= 15 is 0 Å². The lowest BCUT2D eigenvalue weighted by atomic mass is 9.86. The van der Waals surface area contributed by atoms with Crippen LogP contribution >= 0.6 is 11.6 Å². The van der Waals surface area contributed by atoms with E-state index in [4.69, 9.17) is 20.4 Å². The number of carbonyl (C=O) groups excluding carboxylic acids is 1. The van der Waals surface area contributed by atoms with Crippen molar-refractivity contribution in [2.45, 2.75) is 52.5 Å². The molecule has 0 saturated carbocycles. The second-order valence-corrected chi connectivity index (χ2v) is 9.51. The highest BCUT2D eigenvalue weighted by Crippen LogP contribution is 2.35. The fourth-order valence-electron chi connectivity index (χ4n) is 3.94. The maximum atomic E-state index is 12.6. The highest BCUT2D eigenvalue weighted by molar-refractivity contribution is 6.31. The summed E-state index contributed by atoms with van der Waals surface area (Å²) in [5.74, 6) is -0.149. The number of hydrogen-bond acceptors (Lipinski definition) is 4. The molecular formula is C26H26ClNO4. The first-order chi connectivity index (χ1) is 15.1. The minimum absolute atomic E-state index is 0.0784. The second kappa shape index (κ2) is 8.47. The van der Waals surface area contributed by atoms with Crippen LogP contribution in [0.3, 0.4) is 0 Å². The number of aryl methyl sites for hydroxylation is 1. The molecule has 1 amide bonds. The van der Waals surface area contributed by atoms with Gasteiger partial charge in [-0.05, 0) is 42.0 Å². The van der Waals surface area contributed by atoms with E-state index in [0.717, 1.165) is 27.5 Å². The van der Waals surface area contributed by atoms with Crippen molar-refractivity contribution in [3.05, 3.63) is 80.4 Å². The quantitative estimate of drug-likeness (QED) is 0.375. The minimum Gasteiger partial charge on any atom is -0.464 e. The van der Waals surface area contributed by atoms with Gasteiger partial charge in [-0.15, -0.1) is 0 Å². The third kappa shape index (κ3) is 4.30. The van der Waals surface area contributed by atoms with Crippen molar-refractivity contribution in [2.24, 2.45) is 0 Å². The highest BCUT2D eigenvalue weighted by atomic mass is 35.5. The molecule has 32 heavy (non-hydrogen) atoms. The van der Waals surface area contributed by atoms with E-state index in [1.165, 1.54) is 0 Å². The number of rotatable bonds is 5. The molecule has 6 heteroatoms. The van der Waals surface area contributed by atoms with Gasteiger partial charge in [0.15, 0.2) is 0 Å². The fourth-order valence-corrected chi connectivity index (χ4v) is 4.15. The molecule has 0 bridgehead atoms. The molecule has 0 unspecified atom stereocenters. The van der Waals surface area contributed by atoms with E-state index in [1.807, 2.05) is 31.2 Å². The standard InChI is InChI=1S/C26H26ClNO4/c1-15-17(9-10-24(29)28-13-16-7-5-6-8-21(16)27)25(30)32-23-12-22-19(11-18(15)23)20(14-31-22)26(2,3)4/h5-8,11-12,14H,9-10,13H2,1-4H3,(H,28,29). The molecule has 2 heterocycles. The first-order valence-corrected chi connectivity index (χ1v) is 11.0. The Hall–Kier alpha value is -3.05. The summed E-state index contributed by atoms with van der Waals surface area (Å²) in [5, 5.41) is 5.33. The van der Waals surface area contributed by atoms with Gasteiger partial charge in [-0.2, -0.15) is 0 Å². The average molecular weight is 452 g/mol. The van der Waals surface area contributed by atoms with Gasteiger partial charge < -0.3 is 14.2 Å². The Kier molecular flexibility index (Phi) is 5.87. The number of fused-ring (bicyclic) bond motifs is 2. The van der Waals surface area contributed by atoms with Gasteiger partial charge in [0.1, 0.15) is 11.2 Å². The van der Waals surface area contributed by atoms with Crippen molar-refractivity contribution in [3.63, 3.8) is 0 Å². The van der Waals surface area contributed by atoms with E-state index in [-0.39, 0.29) is 17.7 Å². The molecule has 0 fully saturated rings. The Balaban J connectivity index is 1.58. The van der Waals surface area contributed by atoms with Gasteiger partial charge in [0.05, 0.1) is 6.26 Å². The summed E-state index contributed by atoms with van der Waals surface area (Å²) < 4.78 is 11.3. The number of halogens is 1. The lowest BCUT2D eigenvalue weighted by Gasteiger charge is -2.16. The molecule has 0 saturated heterocycles. The Morgan fingerprint density at radius 2 is 1.84 bits per heavy atom. The zero-order valence-electron chi connectivity index (χ0n) is 18.7. The lowest BCUT2D eigenvalue weighted by Crippen LogP contribution is -2.24. The van der Waals surface area contributed by atoms with Crippen molar-refractivity contribution in [1.82, 2.24) is 5.32 Å². The summed E-state index contributed by atoms with van der Waals surface area (Å²) in [5.41, 5.74) is 3.98. The number of hydrogen-bond donors (Lipinski definition) is 1. The average Bonchev–Trinajstić information content (AvgIpc) is 3.15. The summed E-state index contributed by atoms with van der Waals surface area (Å²) in [6.07, 6.45) is 2.25. The van der Waals surface area contributed by atoms with Gasteiger partial charge in [0.2, 0.25) is 5.91 Å². The summed E-state index contributed by atoms with van der Waals surface area (Å²) in [4.78, 5) is 25.0. The van der Waals surface area contributed by atoms with E-state index in [9.17, 15) is 9.59 Å². The SMILES string of the molecule is Cc1c(CCC(=O)NCc2ccccc2Cl)c(=O)oc2cc3occ(C(C)(C)C)c3cc12. The first-order valence-electron chi connectivity index (χ1n) is 10.6. The summed E-state index contributed by atoms with van der Waals surface area (Å²) in [7, 11) is 0. The van der Waals surface area contributed by atoms with Crippen LogP contribution in [-0.4, -0.2) is 5.91 Å². The topological polar surface area (TPSA) is 72.5 Å². The van der Waals surface area contributed by atoms with Crippen molar-refractivity contribution < 1.29 is 13.6 Å². The van der Waals surface area contributed by atoms with Crippen LogP contribution in [0.4, 0.5) is 0 Å². The van der Waals surface area contributed by atoms with Crippen LogP contribution in [-0.2, 0) is 23.2 Å². The summed E-state index contributed by atoms with van der Waals surface area (Å²) in [6, 6.07) is 11.2. The maximum absolute atomic E-state index is 12.6. The van der Waals surface area contributed by atoms with Crippen LogP contribution in [0.25, 0.3) is 21.9 Å². The molecule has 0 aliphatic carbocycles. The smallest absolute Gasteiger partial charge is 0.339 e. The largest absolute Gasteiger partial charge is 0.464 e. The molecule has 0 aliphatic heterocycles. The monoisotopic (exact) mass is 451 g/mol. The number of furan rings is 1. The molecule has 1 N–H and O–H groups in total. The Morgan fingerprint density at radius 1 is 1.09 bits per heavy atom. The Bertz CT molecular complexity index is 1370. The van der Waals surface area contributed by atoms with E-state index in [1.54, 1.807) is 18.4 Å². The molecule has 4 rings (SSSR count). The third-order valence-electron chi connectivity index (χ3n) is 5.83. The molecule has 0 atom stereocenters. The number of benzene rings is 2. The van der Waals surface area contributed by atoms with Gasteiger partial charge in [-0.3, -0.25) is 4.79 Å². The van der Waals surface area contributed by atoms with Crippen LogP contribution in [0.1, 0.15) is 49.4 Å².